The summed E-state index contributed by atoms with van der Waals surface area (Å²) in [6.45, 7) is 5.32. The lowest BCUT2D eigenvalue weighted by Crippen LogP contribution is -2.20. The summed E-state index contributed by atoms with van der Waals surface area (Å²) in [5.41, 5.74) is 1.54. The number of ketones is 1. The van der Waals surface area contributed by atoms with Gasteiger partial charge in [0.15, 0.2) is 15.6 Å². The molecule has 0 saturated carbocycles. The average Bonchev–Trinajstić information content (AvgIpc) is 2.26. The van der Waals surface area contributed by atoms with E-state index in [2.05, 4.69) is 4.74 Å². The molecule has 0 N–H and O–H groups in total. The lowest BCUT2D eigenvalue weighted by Gasteiger charge is -2.08. The maximum absolute atomic E-state index is 12.1. The number of carbonyl (C=O) groups excluding carboxylic acids is 2. The molecule has 0 aliphatic rings. The molecule has 0 bridgehead atoms. The molecule has 20 heavy (non-hydrogen) atoms. The number of hydrogen-bond acceptors (Lipinski definition) is 5. The Bertz CT molecular complexity index is 616. The molecular formula is C14H18O5S. The van der Waals surface area contributed by atoms with E-state index >= 15 is 0 Å². The fraction of sp³-hybridized carbons (Fsp3) is 0.429. The SMILES string of the molecule is CCOC(=O)CC(=O)CS(=O)(=O)c1ccc(C)cc1C. The predicted molar refractivity (Wildman–Crippen MR) is 74.2 cm³/mol. The summed E-state index contributed by atoms with van der Waals surface area (Å²) in [4.78, 5) is 22.9. The van der Waals surface area contributed by atoms with Gasteiger partial charge in [0.05, 0.1) is 11.5 Å². The van der Waals surface area contributed by atoms with Crippen LogP contribution in [0.15, 0.2) is 23.1 Å². The van der Waals surface area contributed by atoms with Gasteiger partial charge < -0.3 is 4.74 Å². The summed E-state index contributed by atoms with van der Waals surface area (Å²) < 4.78 is 28.9. The van der Waals surface area contributed by atoms with E-state index in [4.69, 9.17) is 0 Å². The summed E-state index contributed by atoms with van der Waals surface area (Å²) in [6.07, 6.45) is -0.516. The molecule has 0 spiro atoms. The van der Waals surface area contributed by atoms with E-state index in [1.807, 2.05) is 6.92 Å². The second kappa shape index (κ2) is 6.65. The molecule has 0 aliphatic carbocycles. The number of hydrogen-bond donors (Lipinski definition) is 0. The van der Waals surface area contributed by atoms with Gasteiger partial charge in [-0.05, 0) is 32.4 Å². The number of benzene rings is 1. The Hall–Kier alpha value is -1.69. The molecule has 1 aromatic carbocycles. The highest BCUT2D eigenvalue weighted by molar-refractivity contribution is 7.92. The fourth-order valence-electron chi connectivity index (χ4n) is 1.86. The lowest BCUT2D eigenvalue weighted by atomic mass is 10.2. The van der Waals surface area contributed by atoms with E-state index in [0.717, 1.165) is 5.56 Å². The Morgan fingerprint density at radius 2 is 1.85 bits per heavy atom. The molecule has 6 heteroatoms. The Morgan fingerprint density at radius 1 is 1.20 bits per heavy atom. The van der Waals surface area contributed by atoms with Gasteiger partial charge in [-0.25, -0.2) is 8.42 Å². The van der Waals surface area contributed by atoms with Gasteiger partial charge in [0, 0.05) is 0 Å². The van der Waals surface area contributed by atoms with Crippen molar-refractivity contribution in [2.75, 3.05) is 12.4 Å². The van der Waals surface area contributed by atoms with Crippen LogP contribution in [-0.2, 0) is 24.2 Å². The van der Waals surface area contributed by atoms with E-state index in [9.17, 15) is 18.0 Å². The van der Waals surface area contributed by atoms with E-state index in [-0.39, 0.29) is 11.5 Å². The van der Waals surface area contributed by atoms with Crippen molar-refractivity contribution in [3.63, 3.8) is 0 Å². The molecule has 1 aromatic rings. The van der Waals surface area contributed by atoms with Crippen molar-refractivity contribution in [2.45, 2.75) is 32.1 Å². The van der Waals surface area contributed by atoms with Crippen LogP contribution in [0.1, 0.15) is 24.5 Å². The van der Waals surface area contributed by atoms with Crippen LogP contribution in [-0.4, -0.2) is 32.5 Å². The zero-order chi connectivity index (χ0) is 15.3. The lowest BCUT2D eigenvalue weighted by molar-refractivity contribution is -0.145. The third-order valence-corrected chi connectivity index (χ3v) is 4.49. The molecule has 1 rings (SSSR count). The van der Waals surface area contributed by atoms with E-state index in [0.29, 0.717) is 5.56 Å². The molecule has 0 radical (unpaired) electrons. The van der Waals surface area contributed by atoms with Crippen molar-refractivity contribution in [2.24, 2.45) is 0 Å². The van der Waals surface area contributed by atoms with Crippen molar-refractivity contribution in [3.8, 4) is 0 Å². The van der Waals surface area contributed by atoms with Gasteiger partial charge in [0.25, 0.3) is 0 Å². The summed E-state index contributed by atoms with van der Waals surface area (Å²) in [7, 11) is -3.72. The van der Waals surface area contributed by atoms with Gasteiger partial charge in [-0.3, -0.25) is 9.59 Å². The molecule has 0 fully saturated rings. The predicted octanol–water partition coefficient (Wildman–Crippen LogP) is 1.60. The number of rotatable bonds is 6. The first-order valence-electron chi connectivity index (χ1n) is 6.23. The molecule has 0 saturated heterocycles. The fourth-order valence-corrected chi connectivity index (χ4v) is 3.37. The van der Waals surface area contributed by atoms with Crippen LogP contribution in [0.2, 0.25) is 0 Å². The highest BCUT2D eigenvalue weighted by atomic mass is 32.2. The Morgan fingerprint density at radius 3 is 2.40 bits per heavy atom. The minimum atomic E-state index is -3.72. The first kappa shape index (κ1) is 16.4. The molecule has 0 atom stereocenters. The molecule has 0 heterocycles. The largest absolute Gasteiger partial charge is 0.466 e. The van der Waals surface area contributed by atoms with Gasteiger partial charge in [-0.1, -0.05) is 17.7 Å². The summed E-state index contributed by atoms with van der Waals surface area (Å²) >= 11 is 0. The molecule has 5 nitrogen and oxygen atoms in total. The van der Waals surface area contributed by atoms with Crippen molar-refractivity contribution in [1.82, 2.24) is 0 Å². The Kier molecular flexibility index (Phi) is 5.44. The van der Waals surface area contributed by atoms with Crippen molar-refractivity contribution < 1.29 is 22.7 Å². The van der Waals surface area contributed by atoms with Crippen LogP contribution in [0.4, 0.5) is 0 Å². The van der Waals surface area contributed by atoms with Crippen molar-refractivity contribution in [1.29, 1.82) is 0 Å². The van der Waals surface area contributed by atoms with Crippen molar-refractivity contribution in [3.05, 3.63) is 29.3 Å². The number of ether oxygens (including phenoxy) is 1. The summed E-state index contributed by atoms with van der Waals surface area (Å²) in [5.74, 6) is -2.05. The molecule has 0 unspecified atom stereocenters. The second-order valence-corrected chi connectivity index (χ2v) is 6.51. The first-order chi connectivity index (χ1) is 9.26. The number of esters is 1. The molecule has 0 aliphatic heterocycles. The highest BCUT2D eigenvalue weighted by Gasteiger charge is 2.23. The normalized spacial score (nSPS) is 11.2. The Balaban J connectivity index is 2.85. The zero-order valence-corrected chi connectivity index (χ0v) is 12.6. The average molecular weight is 298 g/mol. The monoisotopic (exact) mass is 298 g/mol. The van der Waals surface area contributed by atoms with Gasteiger partial charge in [-0.2, -0.15) is 0 Å². The van der Waals surface area contributed by atoms with Crippen LogP contribution >= 0.6 is 0 Å². The minimum Gasteiger partial charge on any atom is -0.466 e. The van der Waals surface area contributed by atoms with Crippen LogP contribution in [0.3, 0.4) is 0 Å². The highest BCUT2D eigenvalue weighted by Crippen LogP contribution is 2.18. The molecule has 110 valence electrons. The zero-order valence-electron chi connectivity index (χ0n) is 11.8. The standard InChI is InChI=1S/C14H18O5S/c1-4-19-14(16)8-12(15)9-20(17,18)13-6-5-10(2)7-11(13)3/h5-7H,4,8-9H2,1-3H3. The quantitative estimate of drug-likeness (QED) is 0.589. The van der Waals surface area contributed by atoms with E-state index in [1.54, 1.807) is 26.0 Å². The van der Waals surface area contributed by atoms with Crippen LogP contribution in [0.5, 0.6) is 0 Å². The number of aryl methyl sites for hydroxylation is 2. The van der Waals surface area contributed by atoms with Crippen molar-refractivity contribution >= 4 is 21.6 Å². The molecular weight excluding hydrogens is 280 g/mol. The Labute approximate surface area is 118 Å². The van der Waals surface area contributed by atoms with Crippen LogP contribution < -0.4 is 0 Å². The smallest absolute Gasteiger partial charge is 0.313 e. The van der Waals surface area contributed by atoms with Crippen LogP contribution in [0.25, 0.3) is 0 Å². The molecule has 0 amide bonds. The topological polar surface area (TPSA) is 77.5 Å². The number of Topliss-reactive ketones (excluding diaryl/α,β-unsaturated/α-hetero) is 1. The van der Waals surface area contributed by atoms with Gasteiger partial charge >= 0.3 is 5.97 Å². The second-order valence-electron chi connectivity index (χ2n) is 4.55. The third kappa shape index (κ3) is 4.45. The van der Waals surface area contributed by atoms with Gasteiger partial charge in [0.1, 0.15) is 12.2 Å². The minimum absolute atomic E-state index is 0.125. The maximum Gasteiger partial charge on any atom is 0.313 e. The molecule has 0 aromatic heterocycles. The van der Waals surface area contributed by atoms with E-state index in [1.165, 1.54) is 6.07 Å². The number of sulfone groups is 1. The maximum atomic E-state index is 12.1. The van der Waals surface area contributed by atoms with Gasteiger partial charge in [-0.15, -0.1) is 0 Å². The number of carbonyl (C=O) groups is 2. The third-order valence-electron chi connectivity index (χ3n) is 2.66. The van der Waals surface area contributed by atoms with Gasteiger partial charge in [0.2, 0.25) is 0 Å². The summed E-state index contributed by atoms with van der Waals surface area (Å²) in [6, 6.07) is 4.90. The summed E-state index contributed by atoms with van der Waals surface area (Å²) in [5, 5.41) is 0. The first-order valence-corrected chi connectivity index (χ1v) is 7.89. The van der Waals surface area contributed by atoms with Crippen LogP contribution in [0, 0.1) is 13.8 Å². The van der Waals surface area contributed by atoms with E-state index < -0.39 is 33.8 Å².